The van der Waals surface area contributed by atoms with Crippen LogP contribution >= 0.6 is 0 Å². The molecule has 28 heavy (non-hydrogen) atoms. The summed E-state index contributed by atoms with van der Waals surface area (Å²) in [6.07, 6.45) is 6.94. The van der Waals surface area contributed by atoms with Crippen molar-refractivity contribution in [2.75, 3.05) is 35.7 Å². The van der Waals surface area contributed by atoms with Gasteiger partial charge in [0.15, 0.2) is 0 Å². The molecular weight excluding hydrogens is 384 g/mol. The molecule has 0 unspecified atom stereocenters. The Morgan fingerprint density at radius 2 is 1.61 bits per heavy atom. The van der Waals surface area contributed by atoms with Crippen molar-refractivity contribution in [2.24, 2.45) is 0 Å². The highest BCUT2D eigenvalue weighted by molar-refractivity contribution is 7.93. The number of hydrogen-bond acceptors (Lipinski definition) is 7. The number of anilines is 2. The topological polar surface area (TPSA) is 93.2 Å². The van der Waals surface area contributed by atoms with Gasteiger partial charge in [-0.25, -0.2) is 18.0 Å². The number of hydrogen-bond donors (Lipinski definition) is 0. The number of ether oxygens (including phenoxy) is 2. The van der Waals surface area contributed by atoms with Crippen molar-refractivity contribution in [1.82, 2.24) is 0 Å². The third-order valence-corrected chi connectivity index (χ3v) is 6.27. The van der Waals surface area contributed by atoms with Gasteiger partial charge in [-0.3, -0.25) is 4.31 Å². The van der Waals surface area contributed by atoms with Gasteiger partial charge in [-0.2, -0.15) is 0 Å². The van der Waals surface area contributed by atoms with Crippen LogP contribution in [0.25, 0.3) is 0 Å². The zero-order valence-corrected chi connectivity index (χ0v) is 16.3. The van der Waals surface area contributed by atoms with Crippen molar-refractivity contribution >= 4 is 33.3 Å². The molecule has 0 radical (unpaired) electrons. The van der Waals surface area contributed by atoms with Crippen molar-refractivity contribution in [1.29, 1.82) is 0 Å². The minimum absolute atomic E-state index is 0.000828. The summed E-state index contributed by atoms with van der Waals surface area (Å²) in [5, 5.41) is 0. The highest BCUT2D eigenvalue weighted by Crippen LogP contribution is 2.30. The predicted octanol–water partition coefficient (Wildman–Crippen LogP) is 1.72. The Morgan fingerprint density at radius 1 is 0.964 bits per heavy atom. The molecule has 0 aliphatic carbocycles. The Balaban J connectivity index is 2.03. The van der Waals surface area contributed by atoms with Crippen molar-refractivity contribution in [3.63, 3.8) is 0 Å². The Bertz CT molecular complexity index is 976. The first-order valence-electron chi connectivity index (χ1n) is 8.54. The van der Waals surface area contributed by atoms with Gasteiger partial charge < -0.3 is 14.4 Å². The lowest BCUT2D eigenvalue weighted by Crippen LogP contribution is -2.27. The van der Waals surface area contributed by atoms with Crippen LogP contribution in [-0.2, 0) is 29.1 Å². The van der Waals surface area contributed by atoms with Gasteiger partial charge in [-0.15, -0.1) is 0 Å². The summed E-state index contributed by atoms with van der Waals surface area (Å²) in [5.41, 5.74) is 1.16. The molecule has 2 heterocycles. The van der Waals surface area contributed by atoms with Crippen molar-refractivity contribution in [3.05, 3.63) is 60.0 Å². The number of carbonyl (C=O) groups is 2. The van der Waals surface area contributed by atoms with E-state index in [0.717, 1.165) is 0 Å². The van der Waals surface area contributed by atoms with Crippen molar-refractivity contribution in [3.8, 4) is 0 Å². The van der Waals surface area contributed by atoms with Gasteiger partial charge in [-0.05, 0) is 42.8 Å². The van der Waals surface area contributed by atoms with E-state index in [1.54, 1.807) is 42.6 Å². The van der Waals surface area contributed by atoms with E-state index < -0.39 is 22.0 Å². The van der Waals surface area contributed by atoms with E-state index in [1.807, 2.05) is 0 Å². The maximum absolute atomic E-state index is 12.4. The molecule has 1 saturated heterocycles. The number of esters is 2. The van der Waals surface area contributed by atoms with Gasteiger partial charge in [0.25, 0.3) is 0 Å². The van der Waals surface area contributed by atoms with Crippen LogP contribution in [0.4, 0.5) is 11.4 Å². The second kappa shape index (κ2) is 7.89. The van der Waals surface area contributed by atoms with Gasteiger partial charge in [0, 0.05) is 18.4 Å². The Morgan fingerprint density at radius 3 is 2.18 bits per heavy atom. The van der Waals surface area contributed by atoms with Crippen LogP contribution < -0.4 is 9.21 Å². The minimum Gasteiger partial charge on any atom is -0.465 e. The van der Waals surface area contributed by atoms with Crippen LogP contribution in [0.3, 0.4) is 0 Å². The molecule has 1 fully saturated rings. The number of nitrogens with zero attached hydrogens (tertiary/aromatic N) is 2. The molecule has 0 N–H and O–H groups in total. The predicted molar refractivity (Wildman–Crippen MR) is 104 cm³/mol. The molecule has 0 spiro atoms. The number of sulfonamides is 1. The molecule has 1 aromatic carbocycles. The molecule has 1 aromatic rings. The summed E-state index contributed by atoms with van der Waals surface area (Å²) in [6, 6.07) is 6.68. The molecular formula is C19H20N2O6S. The molecule has 8 nitrogen and oxygen atoms in total. The minimum atomic E-state index is -3.28. The highest BCUT2D eigenvalue weighted by atomic mass is 32.2. The first kappa shape index (κ1) is 19.7. The summed E-state index contributed by atoms with van der Waals surface area (Å²) in [7, 11) is -0.832. The van der Waals surface area contributed by atoms with E-state index in [-0.39, 0.29) is 17.0 Å². The van der Waals surface area contributed by atoms with Gasteiger partial charge >= 0.3 is 11.9 Å². The van der Waals surface area contributed by atoms with Crippen LogP contribution in [0.5, 0.6) is 0 Å². The molecule has 2 aliphatic heterocycles. The number of rotatable bonds is 4. The third kappa shape index (κ3) is 3.65. The fraction of sp³-hybridized carbons (Fsp3) is 0.263. The zero-order valence-electron chi connectivity index (χ0n) is 15.5. The van der Waals surface area contributed by atoms with E-state index in [9.17, 15) is 18.0 Å². The molecule has 3 rings (SSSR count). The van der Waals surface area contributed by atoms with Crippen LogP contribution in [0.15, 0.2) is 60.0 Å². The van der Waals surface area contributed by atoms with Gasteiger partial charge in [-0.1, -0.05) is 6.08 Å². The fourth-order valence-electron chi connectivity index (χ4n) is 3.07. The monoisotopic (exact) mass is 404 g/mol. The molecule has 0 aromatic heterocycles. The summed E-state index contributed by atoms with van der Waals surface area (Å²) in [6.45, 7) is 0.440. The summed E-state index contributed by atoms with van der Waals surface area (Å²) in [4.78, 5) is 26.1. The molecule has 0 atom stereocenters. The van der Waals surface area contributed by atoms with E-state index >= 15 is 0 Å². The normalized spacial score (nSPS) is 18.2. The van der Waals surface area contributed by atoms with Crippen molar-refractivity contribution in [2.45, 2.75) is 6.42 Å². The number of allylic oxidation sites excluding steroid dienone is 2. The number of benzene rings is 1. The molecule has 9 heteroatoms. The summed E-state index contributed by atoms with van der Waals surface area (Å²) >= 11 is 0. The largest absolute Gasteiger partial charge is 0.465 e. The first-order chi connectivity index (χ1) is 13.4. The average molecular weight is 404 g/mol. The second-order valence-electron chi connectivity index (χ2n) is 6.07. The Hall–Kier alpha value is -3.07. The summed E-state index contributed by atoms with van der Waals surface area (Å²) in [5.74, 6) is -1.25. The molecule has 2 aliphatic rings. The van der Waals surface area contributed by atoms with Crippen LogP contribution in [-0.4, -0.2) is 46.9 Å². The lowest BCUT2D eigenvalue weighted by atomic mass is 10.1. The van der Waals surface area contributed by atoms with Crippen molar-refractivity contribution < 1.29 is 27.5 Å². The lowest BCUT2D eigenvalue weighted by molar-refractivity contribution is -0.139. The first-order valence-corrected chi connectivity index (χ1v) is 10.2. The maximum Gasteiger partial charge on any atom is 0.355 e. The van der Waals surface area contributed by atoms with Crippen LogP contribution in [0.2, 0.25) is 0 Å². The zero-order chi connectivity index (χ0) is 20.3. The molecule has 0 saturated carbocycles. The van der Waals surface area contributed by atoms with Crippen LogP contribution in [0.1, 0.15) is 6.42 Å². The Kier molecular flexibility index (Phi) is 5.55. The smallest absolute Gasteiger partial charge is 0.355 e. The summed E-state index contributed by atoms with van der Waals surface area (Å²) < 4.78 is 35.2. The maximum atomic E-state index is 12.4. The second-order valence-corrected chi connectivity index (χ2v) is 8.09. The SMILES string of the molecule is COC(=O)C1=C(C(=O)OC)N(c2ccc(N3CCCS3(=O)=O)cc2)C=CC=C1. The average Bonchev–Trinajstić information content (AvgIpc) is 2.92. The van der Waals surface area contributed by atoms with E-state index in [0.29, 0.717) is 24.3 Å². The fourth-order valence-corrected chi connectivity index (χ4v) is 4.64. The quantitative estimate of drug-likeness (QED) is 0.706. The third-order valence-electron chi connectivity index (χ3n) is 4.40. The van der Waals surface area contributed by atoms with Gasteiger partial charge in [0.2, 0.25) is 10.0 Å². The standard InChI is InChI=1S/C19H20N2O6S/c1-26-18(22)16-6-3-4-11-20(17(16)19(23)27-2)14-7-9-15(10-8-14)21-12-5-13-28(21,24)25/h3-4,6-11H,5,12-13H2,1-2H3. The van der Waals surface area contributed by atoms with E-state index in [1.165, 1.54) is 29.5 Å². The van der Waals surface area contributed by atoms with Crippen LogP contribution in [0, 0.1) is 0 Å². The highest BCUT2D eigenvalue weighted by Gasteiger charge is 2.30. The Labute approximate surface area is 163 Å². The van der Waals surface area contributed by atoms with Gasteiger partial charge in [0.1, 0.15) is 5.70 Å². The van der Waals surface area contributed by atoms with Gasteiger partial charge in [0.05, 0.1) is 31.2 Å². The van der Waals surface area contributed by atoms with E-state index in [4.69, 9.17) is 9.47 Å². The molecule has 0 bridgehead atoms. The van der Waals surface area contributed by atoms with E-state index in [2.05, 4.69) is 0 Å². The molecule has 148 valence electrons. The number of methoxy groups -OCH3 is 2. The molecule has 0 amide bonds. The lowest BCUT2D eigenvalue weighted by Gasteiger charge is -2.24. The number of carbonyl (C=O) groups excluding carboxylic acids is 2.